The number of nitrogens with zero attached hydrogens (tertiary/aromatic N) is 2. The van der Waals surface area contributed by atoms with Gasteiger partial charge >= 0.3 is 0 Å². The Hall–Kier alpha value is -1.96. The van der Waals surface area contributed by atoms with E-state index in [1.807, 2.05) is 24.5 Å². The lowest BCUT2D eigenvalue weighted by Crippen LogP contribution is -2.38. The summed E-state index contributed by atoms with van der Waals surface area (Å²) in [4.78, 5) is 6.72. The normalized spacial score (nSPS) is 16.5. The minimum Gasteiger partial charge on any atom is -0.497 e. The summed E-state index contributed by atoms with van der Waals surface area (Å²) in [5.74, 6) is 1.02. The summed E-state index contributed by atoms with van der Waals surface area (Å²) in [7, 11) is -1.91. The molecule has 0 unspecified atom stereocenters. The van der Waals surface area contributed by atoms with Gasteiger partial charge in [-0.1, -0.05) is 0 Å². The van der Waals surface area contributed by atoms with Gasteiger partial charge in [-0.05, 0) is 73.8 Å². The van der Waals surface area contributed by atoms with Crippen molar-refractivity contribution in [3.05, 3.63) is 54.4 Å². The average molecular weight is 375 g/mol. The molecule has 1 fully saturated rings. The van der Waals surface area contributed by atoms with Gasteiger partial charge in [-0.15, -0.1) is 0 Å². The fourth-order valence-corrected chi connectivity index (χ4v) is 4.28. The number of rotatable bonds is 7. The number of sulfonamides is 1. The molecule has 0 radical (unpaired) electrons. The molecule has 1 aromatic carbocycles. The summed E-state index contributed by atoms with van der Waals surface area (Å²) >= 11 is 0. The summed E-state index contributed by atoms with van der Waals surface area (Å²) in [5.41, 5.74) is 1.26. The lowest BCUT2D eigenvalue weighted by Gasteiger charge is -2.32. The zero-order valence-corrected chi connectivity index (χ0v) is 15.8. The maximum Gasteiger partial charge on any atom is 0.240 e. The molecule has 0 atom stereocenters. The van der Waals surface area contributed by atoms with Crippen LogP contribution in [0.1, 0.15) is 18.4 Å². The molecule has 1 aromatic heterocycles. The van der Waals surface area contributed by atoms with Crippen LogP contribution in [0.5, 0.6) is 5.75 Å². The molecule has 0 amide bonds. The molecule has 1 saturated heterocycles. The fraction of sp³-hybridized carbons (Fsp3) is 0.421. The second kappa shape index (κ2) is 8.62. The van der Waals surface area contributed by atoms with Crippen molar-refractivity contribution in [1.29, 1.82) is 0 Å². The van der Waals surface area contributed by atoms with Gasteiger partial charge in [0.15, 0.2) is 0 Å². The second-order valence-electron chi connectivity index (χ2n) is 6.60. The summed E-state index contributed by atoms with van der Waals surface area (Å²) in [5, 5.41) is 0. The van der Waals surface area contributed by atoms with Crippen LogP contribution in [-0.4, -0.2) is 45.0 Å². The number of methoxy groups -OCH3 is 1. The Bertz CT molecular complexity index is 787. The van der Waals surface area contributed by atoms with Crippen LogP contribution in [0.25, 0.3) is 0 Å². The van der Waals surface area contributed by atoms with E-state index in [0.29, 0.717) is 18.2 Å². The predicted molar refractivity (Wildman–Crippen MR) is 100 cm³/mol. The van der Waals surface area contributed by atoms with Crippen LogP contribution >= 0.6 is 0 Å². The first-order valence-corrected chi connectivity index (χ1v) is 10.3. The van der Waals surface area contributed by atoms with Crippen molar-refractivity contribution in [2.24, 2.45) is 5.92 Å². The minimum atomic E-state index is -3.47. The van der Waals surface area contributed by atoms with Crippen molar-refractivity contribution in [1.82, 2.24) is 14.6 Å². The van der Waals surface area contributed by atoms with E-state index in [-0.39, 0.29) is 4.90 Å². The topological polar surface area (TPSA) is 71.5 Å². The molecular weight excluding hydrogens is 350 g/mol. The third-order valence-electron chi connectivity index (χ3n) is 4.79. The van der Waals surface area contributed by atoms with Crippen molar-refractivity contribution in [2.45, 2.75) is 24.3 Å². The molecular formula is C19H25N3O3S. The Balaban J connectivity index is 1.47. The van der Waals surface area contributed by atoms with Crippen molar-refractivity contribution >= 4 is 10.0 Å². The molecule has 2 heterocycles. The number of hydrogen-bond donors (Lipinski definition) is 1. The van der Waals surface area contributed by atoms with E-state index >= 15 is 0 Å². The maximum absolute atomic E-state index is 12.4. The molecule has 1 aliphatic heterocycles. The summed E-state index contributed by atoms with van der Waals surface area (Å²) in [6.45, 7) is 3.37. The third kappa shape index (κ3) is 5.03. The van der Waals surface area contributed by atoms with Crippen LogP contribution in [0, 0.1) is 5.92 Å². The fourth-order valence-electron chi connectivity index (χ4n) is 3.16. The van der Waals surface area contributed by atoms with Crippen LogP contribution in [0.2, 0.25) is 0 Å². The molecule has 7 heteroatoms. The van der Waals surface area contributed by atoms with Gasteiger partial charge < -0.3 is 4.74 Å². The number of ether oxygens (including phenoxy) is 1. The Morgan fingerprint density at radius 1 is 1.12 bits per heavy atom. The molecule has 3 rings (SSSR count). The van der Waals surface area contributed by atoms with E-state index in [9.17, 15) is 8.42 Å². The largest absolute Gasteiger partial charge is 0.497 e. The molecule has 0 spiro atoms. The summed E-state index contributed by atoms with van der Waals surface area (Å²) in [6.07, 6.45) is 5.62. The third-order valence-corrected chi connectivity index (χ3v) is 6.23. The molecule has 6 nitrogen and oxygen atoms in total. The summed E-state index contributed by atoms with van der Waals surface area (Å²) in [6, 6.07) is 10.5. The van der Waals surface area contributed by atoms with E-state index in [1.54, 1.807) is 31.4 Å². The van der Waals surface area contributed by atoms with Crippen molar-refractivity contribution in [2.75, 3.05) is 26.7 Å². The van der Waals surface area contributed by atoms with E-state index in [2.05, 4.69) is 14.6 Å². The molecule has 0 bridgehead atoms. The van der Waals surface area contributed by atoms with Crippen LogP contribution < -0.4 is 9.46 Å². The van der Waals surface area contributed by atoms with E-state index in [1.165, 1.54) is 5.56 Å². The average Bonchev–Trinajstić information content (AvgIpc) is 2.68. The lowest BCUT2D eigenvalue weighted by atomic mass is 9.97. The first-order valence-electron chi connectivity index (χ1n) is 8.82. The number of benzene rings is 1. The minimum absolute atomic E-state index is 0.272. The highest BCUT2D eigenvalue weighted by atomic mass is 32.2. The molecule has 0 aliphatic carbocycles. The number of nitrogens with one attached hydrogen (secondary N) is 1. The van der Waals surface area contributed by atoms with Crippen molar-refractivity contribution < 1.29 is 13.2 Å². The quantitative estimate of drug-likeness (QED) is 0.804. The Morgan fingerprint density at radius 2 is 1.77 bits per heavy atom. The first kappa shape index (κ1) is 18.8. The van der Waals surface area contributed by atoms with Gasteiger partial charge in [0.1, 0.15) is 5.75 Å². The van der Waals surface area contributed by atoms with Gasteiger partial charge in [0, 0.05) is 25.5 Å². The molecule has 1 N–H and O–H groups in total. The molecule has 0 saturated carbocycles. The number of pyridine rings is 1. The predicted octanol–water partition coefficient (Wildman–Crippen LogP) is 2.28. The Kier molecular flexibility index (Phi) is 6.24. The van der Waals surface area contributed by atoms with E-state index in [0.717, 1.165) is 32.5 Å². The Morgan fingerprint density at radius 3 is 2.38 bits per heavy atom. The van der Waals surface area contributed by atoms with Crippen LogP contribution in [-0.2, 0) is 16.6 Å². The molecule has 2 aromatic rings. The van der Waals surface area contributed by atoms with Gasteiger partial charge in [-0.3, -0.25) is 9.88 Å². The zero-order valence-electron chi connectivity index (χ0n) is 15.0. The number of aromatic nitrogens is 1. The highest BCUT2D eigenvalue weighted by Crippen LogP contribution is 2.20. The monoisotopic (exact) mass is 375 g/mol. The number of hydrogen-bond acceptors (Lipinski definition) is 5. The molecule has 26 heavy (non-hydrogen) atoms. The van der Waals surface area contributed by atoms with Crippen LogP contribution in [0.3, 0.4) is 0 Å². The van der Waals surface area contributed by atoms with E-state index < -0.39 is 10.0 Å². The van der Waals surface area contributed by atoms with Crippen LogP contribution in [0.15, 0.2) is 53.7 Å². The highest BCUT2D eigenvalue weighted by Gasteiger charge is 2.22. The zero-order chi connectivity index (χ0) is 18.4. The summed E-state index contributed by atoms with van der Waals surface area (Å²) < 4.78 is 32.6. The lowest BCUT2D eigenvalue weighted by molar-refractivity contribution is 0.178. The Labute approximate surface area is 155 Å². The highest BCUT2D eigenvalue weighted by molar-refractivity contribution is 7.89. The van der Waals surface area contributed by atoms with E-state index in [4.69, 9.17) is 4.74 Å². The standard InChI is InChI=1S/C19H25N3O3S/c1-25-18-2-4-19(5-3-18)26(23,24)21-14-16-8-12-22(13-9-16)15-17-6-10-20-11-7-17/h2-7,10-11,16,21H,8-9,12-15H2,1H3. The van der Waals surface area contributed by atoms with Crippen molar-refractivity contribution in [3.8, 4) is 5.75 Å². The number of likely N-dealkylation sites (tertiary alicyclic amines) is 1. The van der Waals surface area contributed by atoms with Gasteiger partial charge in [0.25, 0.3) is 0 Å². The second-order valence-corrected chi connectivity index (χ2v) is 8.37. The van der Waals surface area contributed by atoms with Gasteiger partial charge in [-0.25, -0.2) is 13.1 Å². The maximum atomic E-state index is 12.4. The molecule has 140 valence electrons. The smallest absolute Gasteiger partial charge is 0.240 e. The molecule has 1 aliphatic rings. The SMILES string of the molecule is COc1ccc(S(=O)(=O)NCC2CCN(Cc3ccncc3)CC2)cc1. The van der Waals surface area contributed by atoms with Gasteiger partial charge in [-0.2, -0.15) is 0 Å². The van der Waals surface area contributed by atoms with Crippen LogP contribution in [0.4, 0.5) is 0 Å². The first-order chi connectivity index (χ1) is 12.6. The van der Waals surface area contributed by atoms with Gasteiger partial charge in [0.05, 0.1) is 12.0 Å². The number of piperidine rings is 1. The van der Waals surface area contributed by atoms with Crippen molar-refractivity contribution in [3.63, 3.8) is 0 Å². The van der Waals surface area contributed by atoms with Gasteiger partial charge in [0.2, 0.25) is 10.0 Å².